The Hall–Kier alpha value is -3.66. The van der Waals surface area contributed by atoms with Crippen LogP contribution in [0.15, 0.2) is 90.2 Å². The summed E-state index contributed by atoms with van der Waals surface area (Å²) in [4.78, 5) is 12.5. The maximum Gasteiger partial charge on any atom is 0.271 e. The van der Waals surface area contributed by atoms with Crippen molar-refractivity contribution < 1.29 is 4.79 Å². The number of aromatic nitrogens is 1. The van der Waals surface area contributed by atoms with Gasteiger partial charge in [0.25, 0.3) is 5.91 Å². The van der Waals surface area contributed by atoms with Crippen LogP contribution in [0.5, 0.6) is 0 Å². The van der Waals surface area contributed by atoms with Crippen molar-refractivity contribution in [2.45, 2.75) is 32.7 Å². The van der Waals surface area contributed by atoms with Crippen LogP contribution in [0.4, 0.5) is 0 Å². The van der Waals surface area contributed by atoms with Crippen molar-refractivity contribution in [3.8, 4) is 0 Å². The number of carbonyl (C=O) groups excluding carboxylic acids is 1. The summed E-state index contributed by atoms with van der Waals surface area (Å²) in [5, 5.41) is 5.32. The Bertz CT molecular complexity index is 1210. The Morgan fingerprint density at radius 1 is 0.935 bits per heavy atom. The van der Waals surface area contributed by atoms with Crippen molar-refractivity contribution in [2.24, 2.45) is 5.10 Å². The van der Waals surface area contributed by atoms with Crippen LogP contribution in [0.1, 0.15) is 47.8 Å². The Kier molecular flexibility index (Phi) is 5.72. The van der Waals surface area contributed by atoms with Gasteiger partial charge in [0.1, 0.15) is 0 Å². The summed E-state index contributed by atoms with van der Waals surface area (Å²) in [7, 11) is 0. The van der Waals surface area contributed by atoms with Crippen LogP contribution in [-0.2, 0) is 12.0 Å². The summed E-state index contributed by atoms with van der Waals surface area (Å²) in [5.74, 6) is -0.218. The second-order valence-electron chi connectivity index (χ2n) is 8.74. The van der Waals surface area contributed by atoms with Crippen LogP contribution in [0.2, 0.25) is 0 Å². The number of rotatable bonds is 5. The average Bonchev–Trinajstić information content (AvgIpc) is 3.11. The van der Waals surface area contributed by atoms with E-state index in [1.54, 1.807) is 6.21 Å². The van der Waals surface area contributed by atoms with E-state index in [1.165, 1.54) is 11.1 Å². The molecule has 1 heterocycles. The molecule has 0 aliphatic heterocycles. The Balaban J connectivity index is 1.51. The maximum absolute atomic E-state index is 12.5. The van der Waals surface area contributed by atoms with Gasteiger partial charge in [0.05, 0.1) is 6.21 Å². The fourth-order valence-corrected chi connectivity index (χ4v) is 3.64. The first kappa shape index (κ1) is 20.6. The van der Waals surface area contributed by atoms with E-state index in [4.69, 9.17) is 0 Å². The summed E-state index contributed by atoms with van der Waals surface area (Å²) in [6.07, 6.45) is 3.79. The van der Waals surface area contributed by atoms with Crippen LogP contribution < -0.4 is 5.43 Å². The van der Waals surface area contributed by atoms with Gasteiger partial charge in [-0.2, -0.15) is 5.10 Å². The molecule has 1 amide bonds. The molecule has 4 rings (SSSR count). The van der Waals surface area contributed by atoms with Crippen molar-refractivity contribution >= 4 is 23.0 Å². The monoisotopic (exact) mass is 409 g/mol. The second kappa shape index (κ2) is 8.60. The minimum Gasteiger partial charge on any atom is -0.342 e. The summed E-state index contributed by atoms with van der Waals surface area (Å²) < 4.78 is 2.21. The number of para-hydroxylation sites is 1. The molecule has 0 saturated heterocycles. The summed E-state index contributed by atoms with van der Waals surface area (Å²) in [5.41, 5.74) is 7.83. The van der Waals surface area contributed by atoms with E-state index in [2.05, 4.69) is 66.3 Å². The molecule has 4 heteroatoms. The lowest BCUT2D eigenvalue weighted by Crippen LogP contribution is -2.18. The predicted molar refractivity (Wildman–Crippen MR) is 128 cm³/mol. The smallest absolute Gasteiger partial charge is 0.271 e. The molecule has 0 fully saturated rings. The first-order valence-corrected chi connectivity index (χ1v) is 10.5. The fourth-order valence-electron chi connectivity index (χ4n) is 3.64. The summed E-state index contributed by atoms with van der Waals surface area (Å²) >= 11 is 0. The van der Waals surface area contributed by atoms with Gasteiger partial charge < -0.3 is 4.57 Å². The van der Waals surface area contributed by atoms with Gasteiger partial charge in [-0.25, -0.2) is 5.43 Å². The number of carbonyl (C=O) groups is 1. The SMILES string of the molecule is CC(C)(C)c1ccc(C(=O)N/N=C\c2cn(Cc3ccccc3)c3ccccc23)cc1. The highest BCUT2D eigenvalue weighted by molar-refractivity contribution is 6.00. The van der Waals surface area contributed by atoms with Gasteiger partial charge >= 0.3 is 0 Å². The lowest BCUT2D eigenvalue weighted by molar-refractivity contribution is 0.0955. The highest BCUT2D eigenvalue weighted by Crippen LogP contribution is 2.23. The molecule has 0 spiro atoms. The number of benzene rings is 3. The largest absolute Gasteiger partial charge is 0.342 e. The fraction of sp³-hybridized carbons (Fsp3) is 0.185. The van der Waals surface area contributed by atoms with Crippen molar-refractivity contribution in [1.29, 1.82) is 0 Å². The molecule has 0 atom stereocenters. The lowest BCUT2D eigenvalue weighted by Gasteiger charge is -2.18. The lowest BCUT2D eigenvalue weighted by atomic mass is 9.87. The van der Waals surface area contributed by atoms with Gasteiger partial charge in [-0.05, 0) is 34.7 Å². The highest BCUT2D eigenvalue weighted by Gasteiger charge is 2.14. The molecular weight excluding hydrogens is 382 g/mol. The number of nitrogens with zero attached hydrogens (tertiary/aromatic N) is 2. The molecular formula is C27H27N3O. The van der Waals surface area contributed by atoms with E-state index in [1.807, 2.05) is 54.6 Å². The van der Waals surface area contributed by atoms with Gasteiger partial charge in [0, 0.05) is 34.8 Å². The molecule has 0 bridgehead atoms. The van der Waals surface area contributed by atoms with Crippen molar-refractivity contribution in [2.75, 3.05) is 0 Å². The number of hydrazone groups is 1. The molecule has 0 saturated carbocycles. The third-order valence-electron chi connectivity index (χ3n) is 5.40. The summed E-state index contributed by atoms with van der Waals surface area (Å²) in [6, 6.07) is 26.3. The van der Waals surface area contributed by atoms with Crippen molar-refractivity contribution in [1.82, 2.24) is 9.99 Å². The molecule has 4 aromatic rings. The minimum atomic E-state index is -0.218. The van der Waals surface area contributed by atoms with Crippen LogP contribution in [-0.4, -0.2) is 16.7 Å². The van der Waals surface area contributed by atoms with E-state index >= 15 is 0 Å². The van der Waals surface area contributed by atoms with Crippen LogP contribution in [0, 0.1) is 0 Å². The number of amides is 1. The van der Waals surface area contributed by atoms with Gasteiger partial charge in [-0.15, -0.1) is 0 Å². The van der Waals surface area contributed by atoms with E-state index in [-0.39, 0.29) is 11.3 Å². The molecule has 0 unspecified atom stereocenters. The zero-order valence-electron chi connectivity index (χ0n) is 18.2. The van der Waals surface area contributed by atoms with Gasteiger partial charge in [0.15, 0.2) is 0 Å². The number of nitrogens with one attached hydrogen (secondary N) is 1. The van der Waals surface area contributed by atoms with Crippen molar-refractivity contribution in [3.05, 3.63) is 107 Å². The first-order valence-electron chi connectivity index (χ1n) is 10.5. The van der Waals surface area contributed by atoms with Gasteiger partial charge in [-0.1, -0.05) is 81.4 Å². The van der Waals surface area contributed by atoms with E-state index in [0.29, 0.717) is 5.56 Å². The third kappa shape index (κ3) is 4.75. The van der Waals surface area contributed by atoms with Crippen LogP contribution in [0.25, 0.3) is 10.9 Å². The number of fused-ring (bicyclic) bond motifs is 1. The minimum absolute atomic E-state index is 0.0567. The zero-order chi connectivity index (χ0) is 21.8. The van der Waals surface area contributed by atoms with E-state index < -0.39 is 0 Å². The molecule has 1 aromatic heterocycles. The predicted octanol–water partition coefficient (Wildman–Crippen LogP) is 5.75. The molecule has 4 nitrogen and oxygen atoms in total. The normalized spacial score (nSPS) is 11.8. The zero-order valence-corrected chi connectivity index (χ0v) is 18.2. The van der Waals surface area contributed by atoms with E-state index in [9.17, 15) is 4.79 Å². The Morgan fingerprint density at radius 3 is 2.32 bits per heavy atom. The molecule has 0 radical (unpaired) electrons. The number of hydrogen-bond donors (Lipinski definition) is 1. The maximum atomic E-state index is 12.5. The van der Waals surface area contributed by atoms with Crippen LogP contribution >= 0.6 is 0 Å². The number of hydrogen-bond acceptors (Lipinski definition) is 2. The molecule has 3 aromatic carbocycles. The quantitative estimate of drug-likeness (QED) is 0.331. The first-order chi connectivity index (χ1) is 14.9. The molecule has 1 N–H and O–H groups in total. The Labute approximate surface area is 183 Å². The average molecular weight is 410 g/mol. The molecule has 0 aliphatic rings. The highest BCUT2D eigenvalue weighted by atomic mass is 16.2. The summed E-state index contributed by atoms with van der Waals surface area (Å²) in [6.45, 7) is 7.24. The van der Waals surface area contributed by atoms with Crippen LogP contribution in [0.3, 0.4) is 0 Å². The topological polar surface area (TPSA) is 46.4 Å². The van der Waals surface area contributed by atoms with E-state index in [0.717, 1.165) is 23.0 Å². The third-order valence-corrected chi connectivity index (χ3v) is 5.40. The second-order valence-corrected chi connectivity index (χ2v) is 8.74. The molecule has 31 heavy (non-hydrogen) atoms. The Morgan fingerprint density at radius 2 is 1.61 bits per heavy atom. The van der Waals surface area contributed by atoms with Gasteiger partial charge in [-0.3, -0.25) is 4.79 Å². The standard InChI is InChI=1S/C27H27N3O/c1-27(2,3)23-15-13-21(14-16-23)26(31)29-28-17-22-19-30(18-20-9-5-4-6-10-20)25-12-8-7-11-24(22)25/h4-17,19H,18H2,1-3H3,(H,29,31)/b28-17-. The molecule has 156 valence electrons. The molecule has 0 aliphatic carbocycles. The van der Waals surface area contributed by atoms with Crippen molar-refractivity contribution in [3.63, 3.8) is 0 Å². The van der Waals surface area contributed by atoms with Gasteiger partial charge in [0.2, 0.25) is 0 Å².